The predicted octanol–water partition coefficient (Wildman–Crippen LogP) is 5.99. The molecule has 170 valence electrons. The van der Waals surface area contributed by atoms with E-state index in [1.165, 1.54) is 70.8 Å². The first-order valence-electron chi connectivity index (χ1n) is 13.1. The van der Waals surface area contributed by atoms with Crippen LogP contribution in [0.3, 0.4) is 0 Å². The van der Waals surface area contributed by atoms with E-state index in [4.69, 9.17) is 0 Å². The average Bonchev–Trinajstić information content (AvgIpc) is 3.55. The van der Waals surface area contributed by atoms with Gasteiger partial charge in [-0.25, -0.2) is 4.79 Å². The molecule has 0 N–H and O–H groups in total. The Hall–Kier alpha value is -1.55. The van der Waals surface area contributed by atoms with Crippen molar-refractivity contribution in [1.29, 1.82) is 0 Å². The minimum atomic E-state index is 0.233. The zero-order chi connectivity index (χ0) is 21.3. The third-order valence-corrected chi connectivity index (χ3v) is 8.65. The number of nitrogens with zero attached hydrogens (tertiary/aromatic N) is 3. The molecule has 4 nitrogen and oxygen atoms in total. The van der Waals surface area contributed by atoms with Gasteiger partial charge in [-0.15, -0.1) is 0 Å². The maximum atomic E-state index is 13.4. The highest BCUT2D eigenvalue weighted by Gasteiger charge is 2.33. The third kappa shape index (κ3) is 4.51. The molecule has 3 aliphatic rings. The number of hydrogen-bond acceptors (Lipinski definition) is 2. The smallest absolute Gasteiger partial charge is 0.303 e. The van der Waals surface area contributed by atoms with Gasteiger partial charge >= 0.3 is 5.69 Å². The van der Waals surface area contributed by atoms with Crippen LogP contribution in [0, 0.1) is 11.3 Å². The van der Waals surface area contributed by atoms with Crippen LogP contribution in [0.2, 0.25) is 0 Å². The zero-order valence-corrected chi connectivity index (χ0v) is 19.5. The summed E-state index contributed by atoms with van der Waals surface area (Å²) in [4.78, 5) is 16.2. The molecule has 2 aromatic rings. The number of hydrogen-bond donors (Lipinski definition) is 0. The topological polar surface area (TPSA) is 30.2 Å². The van der Waals surface area contributed by atoms with Gasteiger partial charge in [-0.2, -0.15) is 0 Å². The Morgan fingerprint density at radius 1 is 0.903 bits per heavy atom. The van der Waals surface area contributed by atoms with Crippen molar-refractivity contribution in [2.75, 3.05) is 19.6 Å². The molecule has 2 saturated carbocycles. The van der Waals surface area contributed by atoms with Crippen LogP contribution in [-0.4, -0.2) is 33.7 Å². The number of para-hydroxylation sites is 2. The van der Waals surface area contributed by atoms with Crippen molar-refractivity contribution < 1.29 is 0 Å². The molecule has 1 saturated heterocycles. The van der Waals surface area contributed by atoms with Crippen molar-refractivity contribution in [1.82, 2.24) is 14.0 Å². The molecule has 0 unspecified atom stereocenters. The van der Waals surface area contributed by atoms with E-state index in [0.29, 0.717) is 17.4 Å². The van der Waals surface area contributed by atoms with Crippen molar-refractivity contribution in [2.45, 2.75) is 96.6 Å². The Balaban J connectivity index is 1.30. The normalized spacial score (nSPS) is 23.6. The molecule has 1 aromatic carbocycles. The second-order valence-electron chi connectivity index (χ2n) is 10.8. The molecule has 0 amide bonds. The standard InChI is InChI=1S/C27H41N3O/c1-2-27(16-8-4-3-5-9-17-27)21-28-18-14-23(15-19-28)30-25-11-7-6-10-24(25)29(26(30)31)20-22-12-13-22/h6-7,10-11,22-23H,2-5,8-9,12-21H2,1H3. The fourth-order valence-corrected chi connectivity index (χ4v) is 6.41. The molecule has 2 heterocycles. The lowest BCUT2D eigenvalue weighted by atomic mass is 9.73. The number of imidazole rings is 1. The van der Waals surface area contributed by atoms with Crippen LogP contribution in [0.4, 0.5) is 0 Å². The minimum Gasteiger partial charge on any atom is -0.303 e. The second-order valence-corrected chi connectivity index (χ2v) is 10.8. The number of likely N-dealkylation sites (tertiary alicyclic amines) is 1. The largest absolute Gasteiger partial charge is 0.329 e. The fourth-order valence-electron chi connectivity index (χ4n) is 6.41. The first-order valence-corrected chi connectivity index (χ1v) is 13.1. The molecule has 0 radical (unpaired) electrons. The summed E-state index contributed by atoms with van der Waals surface area (Å²) in [5.41, 5.74) is 3.05. The quantitative estimate of drug-likeness (QED) is 0.571. The van der Waals surface area contributed by atoms with Crippen molar-refractivity contribution in [3.8, 4) is 0 Å². The lowest BCUT2D eigenvalue weighted by Gasteiger charge is -2.42. The lowest BCUT2D eigenvalue weighted by molar-refractivity contribution is 0.0849. The predicted molar refractivity (Wildman–Crippen MR) is 129 cm³/mol. The van der Waals surface area contributed by atoms with Crippen LogP contribution in [0.1, 0.15) is 90.0 Å². The van der Waals surface area contributed by atoms with Crippen LogP contribution in [0.15, 0.2) is 29.1 Å². The van der Waals surface area contributed by atoms with Gasteiger partial charge in [0.05, 0.1) is 11.0 Å². The fraction of sp³-hybridized carbons (Fsp3) is 0.741. The molecule has 0 spiro atoms. The van der Waals surface area contributed by atoms with Gasteiger partial charge in [0.15, 0.2) is 0 Å². The molecular formula is C27H41N3O. The summed E-state index contributed by atoms with van der Waals surface area (Å²) in [5, 5.41) is 0. The summed E-state index contributed by atoms with van der Waals surface area (Å²) < 4.78 is 4.22. The van der Waals surface area contributed by atoms with Crippen molar-refractivity contribution in [3.63, 3.8) is 0 Å². The van der Waals surface area contributed by atoms with Gasteiger partial charge in [0.2, 0.25) is 0 Å². The first kappa shape index (κ1) is 21.3. The van der Waals surface area contributed by atoms with Crippen molar-refractivity contribution in [3.05, 3.63) is 34.7 Å². The highest BCUT2D eigenvalue weighted by atomic mass is 16.1. The summed E-state index contributed by atoms with van der Waals surface area (Å²) in [6.45, 7) is 6.88. The minimum absolute atomic E-state index is 0.233. The van der Waals surface area contributed by atoms with Crippen LogP contribution in [-0.2, 0) is 6.54 Å². The Labute approximate surface area is 187 Å². The molecular weight excluding hydrogens is 382 g/mol. The molecule has 5 rings (SSSR count). The maximum Gasteiger partial charge on any atom is 0.329 e. The van der Waals surface area contributed by atoms with E-state index < -0.39 is 0 Å². The Bertz CT molecular complexity index is 922. The van der Waals surface area contributed by atoms with Crippen molar-refractivity contribution in [2.24, 2.45) is 11.3 Å². The van der Waals surface area contributed by atoms with E-state index in [-0.39, 0.29) is 5.69 Å². The van der Waals surface area contributed by atoms with E-state index in [1.807, 2.05) is 0 Å². The molecule has 31 heavy (non-hydrogen) atoms. The summed E-state index contributed by atoms with van der Waals surface area (Å²) in [7, 11) is 0. The maximum absolute atomic E-state index is 13.4. The van der Waals surface area contributed by atoms with E-state index >= 15 is 0 Å². The molecule has 1 aromatic heterocycles. The third-order valence-electron chi connectivity index (χ3n) is 8.65. The molecule has 1 aliphatic heterocycles. The summed E-state index contributed by atoms with van der Waals surface area (Å²) in [6.07, 6.45) is 16.1. The summed E-state index contributed by atoms with van der Waals surface area (Å²) in [5.74, 6) is 0.716. The summed E-state index contributed by atoms with van der Waals surface area (Å²) >= 11 is 0. The van der Waals surface area contributed by atoms with E-state index in [0.717, 1.165) is 43.5 Å². The van der Waals surface area contributed by atoms with E-state index in [2.05, 4.69) is 45.2 Å². The van der Waals surface area contributed by atoms with Crippen molar-refractivity contribution >= 4 is 11.0 Å². The van der Waals surface area contributed by atoms with Gasteiger partial charge in [0.25, 0.3) is 0 Å². The Morgan fingerprint density at radius 3 is 2.19 bits per heavy atom. The molecule has 0 atom stereocenters. The van der Waals surface area contributed by atoms with Gasteiger partial charge in [-0.3, -0.25) is 9.13 Å². The Kier molecular flexibility index (Phi) is 6.28. The van der Waals surface area contributed by atoms with Gasteiger partial charge in [0, 0.05) is 32.2 Å². The average molecular weight is 424 g/mol. The van der Waals surface area contributed by atoms with Crippen LogP contribution in [0.25, 0.3) is 11.0 Å². The van der Waals surface area contributed by atoms with Gasteiger partial charge < -0.3 is 4.90 Å². The van der Waals surface area contributed by atoms with E-state index in [9.17, 15) is 4.79 Å². The Morgan fingerprint density at radius 2 is 1.55 bits per heavy atom. The second kappa shape index (κ2) is 9.13. The number of aromatic nitrogens is 2. The zero-order valence-electron chi connectivity index (χ0n) is 19.5. The van der Waals surface area contributed by atoms with Gasteiger partial charge in [0.1, 0.15) is 0 Å². The molecule has 3 fully saturated rings. The van der Waals surface area contributed by atoms with Gasteiger partial charge in [-0.1, -0.05) is 51.2 Å². The highest BCUT2D eigenvalue weighted by molar-refractivity contribution is 5.76. The number of piperidine rings is 1. The highest BCUT2D eigenvalue weighted by Crippen LogP contribution is 2.39. The van der Waals surface area contributed by atoms with E-state index in [1.54, 1.807) is 0 Å². The first-order chi connectivity index (χ1) is 15.2. The molecule has 2 aliphatic carbocycles. The SMILES string of the molecule is CCC1(CN2CCC(n3c(=O)n(CC4CC4)c4ccccc43)CC2)CCCCCCC1. The lowest BCUT2D eigenvalue weighted by Crippen LogP contribution is -2.43. The van der Waals surface area contributed by atoms with Gasteiger partial charge in [-0.05, 0) is 68.4 Å². The van der Waals surface area contributed by atoms with Crippen LogP contribution in [0.5, 0.6) is 0 Å². The number of rotatable bonds is 6. The number of benzene rings is 1. The summed E-state index contributed by atoms with van der Waals surface area (Å²) in [6, 6.07) is 8.83. The molecule has 0 bridgehead atoms. The number of fused-ring (bicyclic) bond motifs is 1. The van der Waals surface area contributed by atoms with Crippen LogP contribution < -0.4 is 5.69 Å². The monoisotopic (exact) mass is 423 g/mol. The van der Waals surface area contributed by atoms with Crippen LogP contribution >= 0.6 is 0 Å². The molecule has 4 heteroatoms.